The topological polar surface area (TPSA) is 38.7 Å². The van der Waals surface area contributed by atoms with E-state index in [2.05, 4.69) is 184 Å². The first-order chi connectivity index (χ1) is 26.3. The summed E-state index contributed by atoms with van der Waals surface area (Å²) >= 11 is 0. The average Bonchev–Trinajstić information content (AvgIpc) is 3.60. The van der Waals surface area contributed by atoms with Crippen molar-refractivity contribution in [2.45, 2.75) is 26.2 Å². The Morgan fingerprint density at radius 2 is 0.796 bits per heavy atom. The molecule has 0 saturated heterocycles. The van der Waals surface area contributed by atoms with Gasteiger partial charge in [0.05, 0.1) is 0 Å². The molecule has 0 fully saturated rings. The van der Waals surface area contributed by atoms with Crippen molar-refractivity contribution in [1.29, 1.82) is 0 Å². The van der Waals surface area contributed by atoms with Crippen LogP contribution in [0.5, 0.6) is 0 Å². The fourth-order valence-electron chi connectivity index (χ4n) is 9.50. The van der Waals surface area contributed by atoms with E-state index in [4.69, 9.17) is 15.0 Å². The molecule has 0 spiro atoms. The molecule has 8 aromatic rings. The first-order valence-corrected chi connectivity index (χ1v) is 26.2. The van der Waals surface area contributed by atoms with Gasteiger partial charge in [0.15, 0.2) is 0 Å². The zero-order valence-corrected chi connectivity index (χ0v) is 33.4. The Morgan fingerprint density at radius 3 is 1.50 bits per heavy atom. The quantitative estimate of drug-likeness (QED) is 0.166. The molecule has 0 bridgehead atoms. The Kier molecular flexibility index (Phi) is 7.41. The molecule has 54 heavy (non-hydrogen) atoms. The Bertz CT molecular complexity index is 2760. The summed E-state index contributed by atoms with van der Waals surface area (Å²) in [5.74, 6) is 2.05. The molecule has 10 rings (SSSR count). The molecule has 0 saturated carbocycles. The van der Waals surface area contributed by atoms with E-state index in [0.717, 1.165) is 16.7 Å². The van der Waals surface area contributed by atoms with Crippen molar-refractivity contribution in [3.63, 3.8) is 0 Å². The third kappa shape index (κ3) is 4.96. The van der Waals surface area contributed by atoms with Gasteiger partial charge in [-0.05, 0) is 0 Å². The van der Waals surface area contributed by atoms with Gasteiger partial charge in [-0.2, -0.15) is 0 Å². The van der Waals surface area contributed by atoms with Gasteiger partial charge in [-0.3, -0.25) is 0 Å². The van der Waals surface area contributed by atoms with Crippen molar-refractivity contribution in [3.8, 4) is 78.7 Å². The summed E-state index contributed by atoms with van der Waals surface area (Å²) in [5.41, 5.74) is 13.3. The maximum absolute atomic E-state index is 5.41. The van der Waals surface area contributed by atoms with Crippen LogP contribution in [0, 0.1) is 0 Å². The normalized spacial score (nSPS) is 15.4. The third-order valence-electron chi connectivity index (χ3n) is 12.3. The molecule has 3 nitrogen and oxygen atoms in total. The first-order valence-electron chi connectivity index (χ1n) is 19.3. The van der Waals surface area contributed by atoms with Crippen LogP contribution >= 0.6 is 0 Å². The Balaban J connectivity index is 1.23. The van der Waals surface area contributed by atoms with Crippen LogP contribution in [0.25, 0.3) is 78.7 Å². The minimum absolute atomic E-state index is 0.676. The SMILES string of the molecule is C[SiH-]1(C)c2ccc(-c3nc(-c4ccccc4)nc(-c4ccc5c(c4-c4ccccc4)-c4ccccc4[SiH-]5(C)C)n3)cc2-c2c(-c3ccccc3)cccc21. The number of aromatic nitrogens is 3. The number of hydrogen-bond acceptors (Lipinski definition) is 3. The van der Waals surface area contributed by atoms with Gasteiger partial charge in [-0.25, -0.2) is 0 Å². The fraction of sp³-hybridized carbons (Fsp3) is 0.0816. The summed E-state index contributed by atoms with van der Waals surface area (Å²) in [6.45, 7) is 10.0. The van der Waals surface area contributed by atoms with E-state index in [1.54, 1.807) is 0 Å². The maximum atomic E-state index is 5.41. The van der Waals surface area contributed by atoms with E-state index in [9.17, 15) is 0 Å². The number of benzene rings is 7. The third-order valence-corrected chi connectivity index (χ3v) is 20.5. The number of fused-ring (bicyclic) bond motifs is 6. The summed E-state index contributed by atoms with van der Waals surface area (Å²) in [4.78, 5) is 15.9. The summed E-state index contributed by atoms with van der Waals surface area (Å²) in [6.07, 6.45) is 0. The van der Waals surface area contributed by atoms with Crippen LogP contribution in [0.1, 0.15) is 0 Å². The van der Waals surface area contributed by atoms with Crippen molar-refractivity contribution < 1.29 is 0 Å². The van der Waals surface area contributed by atoms with Gasteiger partial charge in [0.2, 0.25) is 0 Å². The van der Waals surface area contributed by atoms with E-state index < -0.39 is 16.1 Å². The number of nitrogens with zero attached hydrogens (tertiary/aromatic N) is 3. The summed E-state index contributed by atoms with van der Waals surface area (Å²) in [5, 5.41) is 5.99. The predicted octanol–water partition coefficient (Wildman–Crippen LogP) is 9.28. The summed E-state index contributed by atoms with van der Waals surface area (Å²) < 4.78 is 0. The standard InChI is InChI=1S/C49H41N3Si2/c1-53(2)40-25-15-14-23-37(40)46-43(53)30-28-38(44(46)33-19-10-6-11-20-33)49-51-47(34-21-12-7-13-22-34)50-48(52-49)35-27-29-41-39(31-35)45-36(32-17-8-5-9-18-32)24-16-26-42(45)54(41,3)4/h5-31,53-54H,1-4H3/q-2. The number of rotatable bonds is 5. The molecule has 1 aromatic heterocycles. The molecule has 0 amide bonds. The molecular formula is C49H41N3Si2-2. The van der Waals surface area contributed by atoms with Gasteiger partial charge in [0, 0.05) is 0 Å². The summed E-state index contributed by atoms with van der Waals surface area (Å²) in [6, 6.07) is 59.5. The Hall–Kier alpha value is -6.02. The summed E-state index contributed by atoms with van der Waals surface area (Å²) in [7, 11) is -4.59. The van der Waals surface area contributed by atoms with Crippen LogP contribution in [-0.2, 0) is 0 Å². The Morgan fingerprint density at radius 1 is 0.296 bits per heavy atom. The van der Waals surface area contributed by atoms with E-state index in [1.807, 2.05) is 6.07 Å². The van der Waals surface area contributed by atoms with Gasteiger partial charge in [-0.15, -0.1) is 0 Å². The van der Waals surface area contributed by atoms with Crippen LogP contribution in [0.3, 0.4) is 0 Å². The monoisotopic (exact) mass is 727 g/mol. The van der Waals surface area contributed by atoms with Crippen LogP contribution in [0.4, 0.5) is 0 Å². The molecular weight excluding hydrogens is 687 g/mol. The van der Waals surface area contributed by atoms with Crippen molar-refractivity contribution in [1.82, 2.24) is 15.0 Å². The van der Waals surface area contributed by atoms with Crippen LogP contribution in [0.2, 0.25) is 26.2 Å². The van der Waals surface area contributed by atoms with Crippen molar-refractivity contribution in [2.24, 2.45) is 0 Å². The van der Waals surface area contributed by atoms with Crippen LogP contribution in [0.15, 0.2) is 164 Å². The zero-order chi connectivity index (χ0) is 36.6. The van der Waals surface area contributed by atoms with Gasteiger partial charge in [0.1, 0.15) is 0 Å². The zero-order valence-electron chi connectivity index (χ0n) is 31.1. The number of hydrogen-bond donors (Lipinski definition) is 0. The molecule has 2 aliphatic rings. The van der Waals surface area contributed by atoms with E-state index in [-0.39, 0.29) is 0 Å². The Labute approximate surface area is 319 Å². The average molecular weight is 728 g/mol. The van der Waals surface area contributed by atoms with E-state index in [1.165, 1.54) is 65.3 Å². The van der Waals surface area contributed by atoms with Crippen molar-refractivity contribution >= 4 is 36.9 Å². The molecule has 0 N–H and O–H groups in total. The molecule has 0 atom stereocenters. The molecule has 0 unspecified atom stereocenters. The van der Waals surface area contributed by atoms with Crippen LogP contribution < -0.4 is 20.7 Å². The predicted molar refractivity (Wildman–Crippen MR) is 234 cm³/mol. The molecule has 3 heterocycles. The molecule has 0 radical (unpaired) electrons. The van der Waals surface area contributed by atoms with Gasteiger partial charge in [0.25, 0.3) is 0 Å². The van der Waals surface area contributed by atoms with Gasteiger partial charge < -0.3 is 0 Å². The molecule has 7 aromatic carbocycles. The second-order valence-corrected chi connectivity index (χ2v) is 26.3. The van der Waals surface area contributed by atoms with Crippen LogP contribution in [-0.4, -0.2) is 31.1 Å². The van der Waals surface area contributed by atoms with E-state index >= 15 is 0 Å². The van der Waals surface area contributed by atoms with Gasteiger partial charge >= 0.3 is 320 Å². The van der Waals surface area contributed by atoms with Gasteiger partial charge in [-0.1, -0.05) is 0 Å². The van der Waals surface area contributed by atoms with Crippen molar-refractivity contribution in [2.75, 3.05) is 0 Å². The second kappa shape index (κ2) is 12.3. The molecule has 262 valence electrons. The minimum atomic E-state index is -2.30. The molecule has 0 aliphatic carbocycles. The molecule has 2 aliphatic heterocycles. The molecule has 5 heteroatoms. The fourth-order valence-corrected chi connectivity index (χ4v) is 16.6. The second-order valence-electron chi connectivity index (χ2n) is 16.3. The van der Waals surface area contributed by atoms with Crippen molar-refractivity contribution in [3.05, 3.63) is 164 Å². The van der Waals surface area contributed by atoms with E-state index in [0.29, 0.717) is 17.5 Å². The first kappa shape index (κ1) is 32.6.